The van der Waals surface area contributed by atoms with Crippen molar-refractivity contribution in [2.75, 3.05) is 49.7 Å². The van der Waals surface area contributed by atoms with E-state index < -0.39 is 0 Å². The van der Waals surface area contributed by atoms with Gasteiger partial charge in [-0.15, -0.1) is 0 Å². The Hall–Kier alpha value is -4.18. The average Bonchev–Trinajstić information content (AvgIpc) is 3.08. The summed E-state index contributed by atoms with van der Waals surface area (Å²) in [5.41, 5.74) is 4.88. The first-order valence-corrected chi connectivity index (χ1v) is 17.0. The molecule has 3 aromatic heterocycles. The molecule has 47 heavy (non-hydrogen) atoms. The zero-order valence-corrected chi connectivity index (χ0v) is 27.9. The topological polar surface area (TPSA) is 76.0 Å². The molecular weight excluding hydrogens is 595 g/mol. The number of ether oxygens (including phenoxy) is 2. The Morgan fingerprint density at radius 2 is 1.87 bits per heavy atom. The SMILES string of the molecule is COc1cc(CN(Cc2cn3c4c(c(N5CCCC(C)C5)c(F)cc4c2=O)OCC3C)C2CCCN(c3ccc(C)nc3)C2)ccn1. The monoisotopic (exact) mass is 640 g/mol. The van der Waals surface area contributed by atoms with Crippen molar-refractivity contribution in [1.82, 2.24) is 19.4 Å². The smallest absolute Gasteiger partial charge is 0.213 e. The van der Waals surface area contributed by atoms with Crippen molar-refractivity contribution in [3.63, 3.8) is 0 Å². The van der Waals surface area contributed by atoms with Gasteiger partial charge in [0.15, 0.2) is 17.0 Å². The normalized spacial score (nSPS) is 21.3. The number of hydrogen-bond acceptors (Lipinski definition) is 8. The van der Waals surface area contributed by atoms with Gasteiger partial charge in [-0.05, 0) is 75.3 Å². The summed E-state index contributed by atoms with van der Waals surface area (Å²) in [6, 6.07) is 9.79. The van der Waals surface area contributed by atoms with E-state index in [0.717, 1.165) is 68.8 Å². The Bertz CT molecular complexity index is 1810. The third kappa shape index (κ3) is 6.27. The highest BCUT2D eigenvalue weighted by Crippen LogP contribution is 2.43. The van der Waals surface area contributed by atoms with Crippen LogP contribution in [0.2, 0.25) is 0 Å². The van der Waals surface area contributed by atoms with E-state index in [1.807, 2.05) is 31.5 Å². The van der Waals surface area contributed by atoms with Crippen molar-refractivity contribution in [1.29, 1.82) is 0 Å². The molecule has 3 atom stereocenters. The fraction of sp³-hybridized carbons (Fsp3) is 0.486. The van der Waals surface area contributed by atoms with E-state index in [4.69, 9.17) is 9.47 Å². The first kappa shape index (κ1) is 31.4. The maximum atomic E-state index is 16.1. The Labute approximate surface area is 275 Å². The first-order chi connectivity index (χ1) is 22.8. The predicted molar refractivity (Wildman–Crippen MR) is 183 cm³/mol. The molecule has 2 fully saturated rings. The van der Waals surface area contributed by atoms with Crippen molar-refractivity contribution < 1.29 is 13.9 Å². The van der Waals surface area contributed by atoms with Crippen molar-refractivity contribution in [2.24, 2.45) is 5.92 Å². The van der Waals surface area contributed by atoms with Gasteiger partial charge in [-0.3, -0.25) is 14.7 Å². The van der Waals surface area contributed by atoms with Crippen LogP contribution >= 0.6 is 0 Å². The van der Waals surface area contributed by atoms with Gasteiger partial charge in [0.2, 0.25) is 5.88 Å². The number of methoxy groups -OCH3 is 1. The molecule has 0 N–H and O–H groups in total. The van der Waals surface area contributed by atoms with Crippen molar-refractivity contribution in [3.8, 4) is 11.6 Å². The fourth-order valence-corrected chi connectivity index (χ4v) is 7.63. The third-order valence-electron chi connectivity index (χ3n) is 10.1. The summed E-state index contributed by atoms with van der Waals surface area (Å²) in [4.78, 5) is 30.1. The molecule has 0 bridgehead atoms. The maximum Gasteiger partial charge on any atom is 0.213 e. The summed E-state index contributed by atoms with van der Waals surface area (Å²) in [6.07, 6.45) is 9.89. The van der Waals surface area contributed by atoms with Gasteiger partial charge in [-0.1, -0.05) is 6.92 Å². The minimum atomic E-state index is -0.382. The molecule has 1 aromatic carbocycles. The average molecular weight is 641 g/mol. The van der Waals surface area contributed by atoms with Gasteiger partial charge in [-0.2, -0.15) is 0 Å². The Morgan fingerprint density at radius 1 is 1.04 bits per heavy atom. The van der Waals surface area contributed by atoms with E-state index in [1.54, 1.807) is 13.3 Å². The number of aromatic nitrogens is 3. The molecule has 0 amide bonds. The molecule has 9 nitrogen and oxygen atoms in total. The van der Waals surface area contributed by atoms with Gasteiger partial charge in [0.05, 0.1) is 35.9 Å². The predicted octanol–water partition coefficient (Wildman–Crippen LogP) is 6.11. The molecule has 0 aliphatic carbocycles. The van der Waals surface area contributed by atoms with Crippen molar-refractivity contribution >= 4 is 22.3 Å². The van der Waals surface area contributed by atoms with Gasteiger partial charge >= 0.3 is 0 Å². The quantitative estimate of drug-likeness (QED) is 0.229. The summed E-state index contributed by atoms with van der Waals surface area (Å²) >= 11 is 0. The highest BCUT2D eigenvalue weighted by atomic mass is 19.1. The van der Waals surface area contributed by atoms with Crippen LogP contribution in [0, 0.1) is 18.7 Å². The van der Waals surface area contributed by atoms with Crippen LogP contribution in [-0.2, 0) is 13.1 Å². The van der Waals surface area contributed by atoms with Gasteiger partial charge in [0.25, 0.3) is 0 Å². The molecule has 7 rings (SSSR count). The lowest BCUT2D eigenvalue weighted by Crippen LogP contribution is -2.48. The Morgan fingerprint density at radius 3 is 2.66 bits per heavy atom. The standard InChI is InChI=1S/C37H45FN6O3/c1-24-7-5-14-42(18-24)35-32(38)16-31-34-37(35)47-23-26(3)44(34)21-28(36(31)45)20-43(19-27-11-12-39-33(15-27)46-4)30-8-6-13-41(22-30)29-10-9-25(2)40-17-29/h9-12,15-17,21,24,26,30H,5-8,13-14,18-20,22-23H2,1-4H3. The van der Waals surface area contributed by atoms with Gasteiger partial charge in [0, 0.05) is 75.0 Å². The highest BCUT2D eigenvalue weighted by Gasteiger charge is 2.32. The second kappa shape index (κ2) is 13.1. The second-order valence-electron chi connectivity index (χ2n) is 13.7. The summed E-state index contributed by atoms with van der Waals surface area (Å²) < 4.78 is 29.9. The fourth-order valence-electron chi connectivity index (χ4n) is 7.63. The van der Waals surface area contributed by atoms with E-state index >= 15 is 4.39 Å². The van der Waals surface area contributed by atoms with Crippen LogP contribution in [0.25, 0.3) is 10.9 Å². The van der Waals surface area contributed by atoms with Crippen LogP contribution in [0.15, 0.2) is 53.7 Å². The molecule has 10 heteroatoms. The number of aryl methyl sites for hydroxylation is 1. The minimum absolute atomic E-state index is 0.0000546. The van der Waals surface area contributed by atoms with Gasteiger partial charge in [-0.25, -0.2) is 9.37 Å². The van der Waals surface area contributed by atoms with E-state index in [9.17, 15) is 4.79 Å². The maximum absolute atomic E-state index is 16.1. The third-order valence-corrected chi connectivity index (χ3v) is 10.1. The van der Waals surface area contributed by atoms with Crippen LogP contribution < -0.4 is 24.7 Å². The molecular formula is C37H45FN6O3. The zero-order chi connectivity index (χ0) is 32.7. The number of benzene rings is 1. The highest BCUT2D eigenvalue weighted by molar-refractivity contribution is 5.92. The minimum Gasteiger partial charge on any atom is -0.487 e. The van der Waals surface area contributed by atoms with E-state index in [-0.39, 0.29) is 23.3 Å². The van der Waals surface area contributed by atoms with Crippen LogP contribution in [0.4, 0.5) is 15.8 Å². The molecule has 3 aliphatic rings. The molecule has 248 valence electrons. The van der Waals surface area contributed by atoms with Crippen molar-refractivity contribution in [2.45, 2.75) is 71.6 Å². The second-order valence-corrected chi connectivity index (χ2v) is 13.7. The lowest BCUT2D eigenvalue weighted by molar-refractivity contribution is 0.157. The number of halogens is 1. The number of nitrogens with zero attached hydrogens (tertiary/aromatic N) is 6. The number of anilines is 2. The van der Waals surface area contributed by atoms with Gasteiger partial charge in [0.1, 0.15) is 12.3 Å². The molecule has 2 saturated heterocycles. The first-order valence-electron chi connectivity index (χ1n) is 17.0. The van der Waals surface area contributed by atoms with Crippen molar-refractivity contribution in [3.05, 3.63) is 81.8 Å². The Balaban J connectivity index is 1.28. The lowest BCUT2D eigenvalue weighted by atomic mass is 9.98. The number of hydrogen-bond donors (Lipinski definition) is 0. The van der Waals surface area contributed by atoms with E-state index in [0.29, 0.717) is 59.4 Å². The molecule has 6 heterocycles. The van der Waals surface area contributed by atoms with E-state index in [1.165, 1.54) is 6.07 Å². The number of piperidine rings is 2. The zero-order valence-electron chi connectivity index (χ0n) is 27.9. The summed E-state index contributed by atoms with van der Waals surface area (Å²) in [5.74, 6) is 1.16. The molecule has 3 aliphatic heterocycles. The van der Waals surface area contributed by atoms with E-state index in [2.05, 4.69) is 55.2 Å². The van der Waals surface area contributed by atoms with Crippen LogP contribution in [-0.4, -0.2) is 65.4 Å². The summed E-state index contributed by atoms with van der Waals surface area (Å²) in [6.45, 7) is 11.1. The summed E-state index contributed by atoms with van der Waals surface area (Å²) in [7, 11) is 1.62. The Kier molecular flexibility index (Phi) is 8.79. The molecule has 0 radical (unpaired) electrons. The van der Waals surface area contributed by atoms with Crippen LogP contribution in [0.1, 0.15) is 62.4 Å². The molecule has 3 unspecified atom stereocenters. The van der Waals surface area contributed by atoms with Crippen LogP contribution in [0.5, 0.6) is 11.6 Å². The number of pyridine rings is 3. The largest absolute Gasteiger partial charge is 0.487 e. The van der Waals surface area contributed by atoms with Gasteiger partial charge < -0.3 is 23.8 Å². The summed E-state index contributed by atoms with van der Waals surface area (Å²) in [5, 5.41) is 0.386. The van der Waals surface area contributed by atoms with Crippen LogP contribution in [0.3, 0.4) is 0 Å². The lowest BCUT2D eigenvalue weighted by Gasteiger charge is -2.40. The molecule has 0 saturated carbocycles. The number of rotatable bonds is 8. The molecule has 0 spiro atoms. The molecule has 4 aromatic rings.